The van der Waals surface area contributed by atoms with Gasteiger partial charge in [-0.3, -0.25) is 14.6 Å². The Balaban J connectivity index is 3.11. The number of rotatable bonds is 9. The molecule has 1 rings (SSSR count). The fraction of sp³-hybridized carbons (Fsp3) is 0.722. The highest BCUT2D eigenvalue weighted by Gasteiger charge is 2.53. The molecule has 0 aromatic heterocycles. The van der Waals surface area contributed by atoms with Crippen molar-refractivity contribution in [2.24, 2.45) is 4.99 Å². The van der Waals surface area contributed by atoms with Gasteiger partial charge in [0.05, 0.1) is 13.2 Å². The lowest BCUT2D eigenvalue weighted by Gasteiger charge is -2.50. The maximum absolute atomic E-state index is 12.3. The third-order valence-electron chi connectivity index (χ3n) is 5.05. The van der Waals surface area contributed by atoms with E-state index >= 15 is 0 Å². The molecule has 26 heavy (non-hydrogen) atoms. The topological polar surface area (TPSA) is 77.4 Å². The van der Waals surface area contributed by atoms with E-state index in [9.17, 15) is 9.59 Å². The number of hydrogen-bond donors (Lipinski definition) is 0. The van der Waals surface area contributed by atoms with Gasteiger partial charge in [0.15, 0.2) is 14.4 Å². The van der Waals surface area contributed by atoms with E-state index < -0.39 is 26.5 Å². The van der Waals surface area contributed by atoms with Crippen molar-refractivity contribution in [3.63, 3.8) is 0 Å². The fourth-order valence-corrected chi connectivity index (χ4v) is 3.71. The van der Waals surface area contributed by atoms with Crippen molar-refractivity contribution in [3.05, 3.63) is 12.7 Å². The van der Waals surface area contributed by atoms with Crippen LogP contribution in [0.4, 0.5) is 0 Å². The van der Waals surface area contributed by atoms with Crippen LogP contribution in [-0.4, -0.2) is 76.9 Å². The van der Waals surface area contributed by atoms with Crippen LogP contribution in [0.15, 0.2) is 17.6 Å². The molecule has 3 atom stereocenters. The molecule has 1 aliphatic heterocycles. The van der Waals surface area contributed by atoms with Gasteiger partial charge >= 0.3 is 5.97 Å². The van der Waals surface area contributed by atoms with Gasteiger partial charge in [-0.15, -0.1) is 6.58 Å². The monoisotopic (exact) mass is 384 g/mol. The average molecular weight is 385 g/mol. The predicted octanol–water partition coefficient (Wildman–Crippen LogP) is 2.03. The first kappa shape index (κ1) is 22.5. The van der Waals surface area contributed by atoms with Crippen molar-refractivity contribution in [2.45, 2.75) is 57.2 Å². The van der Waals surface area contributed by atoms with E-state index in [-0.39, 0.29) is 23.5 Å². The lowest BCUT2D eigenvalue weighted by atomic mass is 9.93. The highest BCUT2D eigenvalue weighted by molar-refractivity contribution is 6.74. The van der Waals surface area contributed by atoms with Crippen LogP contribution in [0.25, 0.3) is 0 Å². The lowest BCUT2D eigenvalue weighted by molar-refractivity contribution is -0.174. The maximum Gasteiger partial charge on any atom is 0.327 e. The predicted molar refractivity (Wildman–Crippen MR) is 104 cm³/mol. The molecule has 7 nitrogen and oxygen atoms in total. The zero-order chi connectivity index (χ0) is 20.1. The molecule has 0 spiro atoms. The van der Waals surface area contributed by atoms with Crippen LogP contribution in [0.3, 0.4) is 0 Å². The fourth-order valence-electron chi connectivity index (χ4n) is 2.48. The number of aliphatic imine (C=N–C) groups is 1. The van der Waals surface area contributed by atoms with Crippen molar-refractivity contribution in [2.75, 3.05) is 27.3 Å². The summed E-state index contributed by atoms with van der Waals surface area (Å²) in [7, 11) is 0.686. The summed E-state index contributed by atoms with van der Waals surface area (Å²) in [4.78, 5) is 29.5. The van der Waals surface area contributed by atoms with Crippen LogP contribution in [0, 0.1) is 0 Å². The molecule has 0 aliphatic carbocycles. The van der Waals surface area contributed by atoms with Crippen LogP contribution in [-0.2, 0) is 23.5 Å². The largest absolute Gasteiger partial charge is 0.468 e. The Morgan fingerprint density at radius 3 is 2.46 bits per heavy atom. The highest BCUT2D eigenvalue weighted by Crippen LogP contribution is 2.39. The molecule has 0 unspecified atom stereocenters. The molecule has 0 saturated carbocycles. The third-order valence-corrected chi connectivity index (χ3v) is 9.52. The van der Waals surface area contributed by atoms with Gasteiger partial charge in [0.2, 0.25) is 0 Å². The van der Waals surface area contributed by atoms with Gasteiger partial charge in [-0.25, -0.2) is 0 Å². The average Bonchev–Trinajstić information content (AvgIpc) is 2.54. The molecule has 0 bridgehead atoms. The molecular weight excluding hydrogens is 352 g/mol. The number of nitrogens with zero attached hydrogens (tertiary/aromatic N) is 2. The smallest absolute Gasteiger partial charge is 0.327 e. The third kappa shape index (κ3) is 5.02. The summed E-state index contributed by atoms with van der Waals surface area (Å²) >= 11 is 0. The Labute approximate surface area is 157 Å². The minimum atomic E-state index is -2.14. The Hall–Kier alpha value is -1.51. The van der Waals surface area contributed by atoms with Crippen LogP contribution in [0.5, 0.6) is 0 Å². The molecule has 1 fully saturated rings. The SMILES string of the molecule is C=CCN1C(=O)[C@H](OC)[C@@H]1[C@@H](C=NCC(=O)OC)O[Si](C)(C)C(C)(C)C. The first-order valence-electron chi connectivity index (χ1n) is 8.69. The molecule has 1 saturated heterocycles. The van der Waals surface area contributed by atoms with Gasteiger partial charge in [-0.2, -0.15) is 0 Å². The molecule has 1 amide bonds. The Morgan fingerprint density at radius 1 is 1.38 bits per heavy atom. The van der Waals surface area contributed by atoms with Crippen LogP contribution >= 0.6 is 0 Å². The summed E-state index contributed by atoms with van der Waals surface area (Å²) in [6.07, 6.45) is 2.22. The lowest BCUT2D eigenvalue weighted by Crippen LogP contribution is -2.71. The second-order valence-corrected chi connectivity index (χ2v) is 12.6. The van der Waals surface area contributed by atoms with Gasteiger partial charge in [0.1, 0.15) is 12.6 Å². The first-order chi connectivity index (χ1) is 12.0. The number of β-lactam (4-membered cyclic amide) rings is 1. The first-order valence-corrected chi connectivity index (χ1v) is 11.6. The minimum Gasteiger partial charge on any atom is -0.468 e. The summed E-state index contributed by atoms with van der Waals surface area (Å²) in [6, 6.07) is -0.305. The van der Waals surface area contributed by atoms with E-state index in [1.54, 1.807) is 17.2 Å². The number of carbonyl (C=O) groups excluding carboxylic acids is 2. The summed E-state index contributed by atoms with van der Waals surface area (Å²) < 4.78 is 16.5. The van der Waals surface area contributed by atoms with E-state index in [2.05, 4.69) is 50.2 Å². The summed E-state index contributed by atoms with van der Waals surface area (Å²) in [5.74, 6) is -0.522. The van der Waals surface area contributed by atoms with Gasteiger partial charge in [-0.1, -0.05) is 26.8 Å². The highest BCUT2D eigenvalue weighted by atomic mass is 28.4. The van der Waals surface area contributed by atoms with Crippen molar-refractivity contribution >= 4 is 26.4 Å². The Morgan fingerprint density at radius 2 is 2.00 bits per heavy atom. The molecule has 1 aliphatic rings. The number of likely N-dealkylation sites (tertiary alicyclic amines) is 1. The second kappa shape index (κ2) is 8.92. The number of esters is 1. The maximum atomic E-state index is 12.3. The van der Waals surface area contributed by atoms with Crippen molar-refractivity contribution in [3.8, 4) is 0 Å². The van der Waals surface area contributed by atoms with E-state index in [0.717, 1.165) is 0 Å². The zero-order valence-corrected chi connectivity index (χ0v) is 17.9. The van der Waals surface area contributed by atoms with Gasteiger partial charge in [-0.05, 0) is 18.1 Å². The van der Waals surface area contributed by atoms with Crippen LogP contribution < -0.4 is 0 Å². The quantitative estimate of drug-likeness (QED) is 0.200. The van der Waals surface area contributed by atoms with E-state index in [1.165, 1.54) is 14.2 Å². The zero-order valence-electron chi connectivity index (χ0n) is 16.9. The molecule has 0 radical (unpaired) electrons. The van der Waals surface area contributed by atoms with Crippen LogP contribution in [0.1, 0.15) is 20.8 Å². The molecule has 148 valence electrons. The normalized spacial score (nSPS) is 22.3. The van der Waals surface area contributed by atoms with E-state index in [1.807, 2.05) is 0 Å². The van der Waals surface area contributed by atoms with E-state index in [4.69, 9.17) is 9.16 Å². The van der Waals surface area contributed by atoms with Crippen molar-refractivity contribution in [1.82, 2.24) is 4.90 Å². The molecular formula is C18H32N2O5Si. The van der Waals surface area contributed by atoms with Gasteiger partial charge in [0.25, 0.3) is 5.91 Å². The Bertz CT molecular complexity index is 556. The number of hydrogen-bond acceptors (Lipinski definition) is 6. The van der Waals surface area contributed by atoms with Crippen molar-refractivity contribution < 1.29 is 23.5 Å². The standard InChI is InChI=1S/C18H32N2O5Si/c1-9-10-20-15(16(24-6)17(20)22)13(11-19-12-14(21)23-5)25-26(7,8)18(2,3)4/h9,11,13,15-16H,1,10,12H2,2-8H3/t13-,15+,16-/m1/s1. The number of methoxy groups -OCH3 is 2. The number of amides is 1. The van der Waals surface area contributed by atoms with Gasteiger partial charge < -0.3 is 18.8 Å². The molecule has 8 heteroatoms. The van der Waals surface area contributed by atoms with Crippen molar-refractivity contribution in [1.29, 1.82) is 0 Å². The molecule has 0 N–H and O–H groups in total. The van der Waals surface area contributed by atoms with Gasteiger partial charge in [0, 0.05) is 19.9 Å². The molecule has 0 aromatic rings. The number of ether oxygens (including phenoxy) is 2. The molecule has 0 aromatic carbocycles. The van der Waals surface area contributed by atoms with Crippen LogP contribution in [0.2, 0.25) is 18.1 Å². The summed E-state index contributed by atoms with van der Waals surface area (Å²) in [5, 5.41) is -0.0129. The van der Waals surface area contributed by atoms with E-state index in [0.29, 0.717) is 6.54 Å². The number of carbonyl (C=O) groups is 2. The Kier molecular flexibility index (Phi) is 7.73. The summed E-state index contributed by atoms with van der Waals surface area (Å²) in [6.45, 7) is 14.7. The minimum absolute atomic E-state index is 0.0129. The molecule has 1 heterocycles. The second-order valence-electron chi connectivity index (χ2n) is 7.83. The summed E-state index contributed by atoms with van der Waals surface area (Å²) in [5.41, 5.74) is 0.